The molecule has 2 heteroatoms. The van der Waals surface area contributed by atoms with Crippen LogP contribution >= 0.6 is 11.3 Å². The summed E-state index contributed by atoms with van der Waals surface area (Å²) in [5.74, 6) is 0. The van der Waals surface area contributed by atoms with E-state index in [9.17, 15) is 0 Å². The van der Waals surface area contributed by atoms with Crippen molar-refractivity contribution >= 4 is 48.6 Å². The maximum Gasteiger partial charge on any atom is 0.0465 e. The Morgan fingerprint density at radius 3 is 1.46 bits per heavy atom. The van der Waals surface area contributed by atoms with Crippen LogP contribution in [0.3, 0.4) is 0 Å². The van der Waals surface area contributed by atoms with Gasteiger partial charge in [0.05, 0.1) is 0 Å². The van der Waals surface area contributed by atoms with E-state index in [0.717, 1.165) is 17.1 Å². The molecule has 13 rings (SSSR count). The Morgan fingerprint density at radius 1 is 0.294 bits per heavy atom. The summed E-state index contributed by atoms with van der Waals surface area (Å²) in [6, 6.07) is 83.5. The second-order valence-corrected chi connectivity index (χ2v) is 20.8. The lowest BCUT2D eigenvalue weighted by molar-refractivity contribution is 0.652. The number of fused-ring (bicyclic) bond motifs is 9. The molecular weight excluding hydrogens is 839 g/mol. The van der Waals surface area contributed by atoms with Crippen LogP contribution in [0.2, 0.25) is 0 Å². The predicted molar refractivity (Wildman–Crippen MR) is 291 cm³/mol. The number of hydrogen-bond donors (Lipinski definition) is 0. The van der Waals surface area contributed by atoms with E-state index in [1.807, 2.05) is 11.3 Å². The van der Waals surface area contributed by atoms with Crippen LogP contribution in [-0.2, 0) is 10.8 Å². The van der Waals surface area contributed by atoms with Crippen molar-refractivity contribution in [1.29, 1.82) is 0 Å². The van der Waals surface area contributed by atoms with E-state index in [-0.39, 0.29) is 10.8 Å². The summed E-state index contributed by atoms with van der Waals surface area (Å²) in [7, 11) is 0. The van der Waals surface area contributed by atoms with E-state index < -0.39 is 0 Å². The Hall–Kier alpha value is -7.78. The van der Waals surface area contributed by atoms with Crippen molar-refractivity contribution < 1.29 is 0 Å². The van der Waals surface area contributed by atoms with E-state index >= 15 is 0 Å². The molecule has 1 nitrogen and oxygen atoms in total. The molecule has 0 radical (unpaired) electrons. The maximum atomic E-state index is 2.54. The molecule has 0 unspecified atom stereocenters. The lowest BCUT2D eigenvalue weighted by atomic mass is 9.79. The van der Waals surface area contributed by atoms with Gasteiger partial charge in [0.2, 0.25) is 0 Å². The Morgan fingerprint density at radius 2 is 0.779 bits per heavy atom. The highest BCUT2D eigenvalue weighted by atomic mass is 32.1. The van der Waals surface area contributed by atoms with Gasteiger partial charge in [-0.1, -0.05) is 191 Å². The molecule has 324 valence electrons. The summed E-state index contributed by atoms with van der Waals surface area (Å²) < 4.78 is 2.65. The van der Waals surface area contributed by atoms with Gasteiger partial charge in [-0.05, 0) is 150 Å². The van der Waals surface area contributed by atoms with Crippen LogP contribution in [0.25, 0.3) is 86.9 Å². The fraction of sp³-hybridized carbons (Fsp3) is 0.0909. The highest BCUT2D eigenvalue weighted by Gasteiger charge is 2.42. The minimum Gasteiger partial charge on any atom is -0.310 e. The van der Waals surface area contributed by atoms with Crippen LogP contribution in [0, 0.1) is 0 Å². The van der Waals surface area contributed by atoms with E-state index in [1.165, 1.54) is 109 Å². The average molecular weight is 888 g/mol. The van der Waals surface area contributed by atoms with Crippen molar-refractivity contribution in [2.45, 2.75) is 38.5 Å². The van der Waals surface area contributed by atoms with Crippen molar-refractivity contribution in [1.82, 2.24) is 0 Å². The molecule has 10 aromatic carbocycles. The summed E-state index contributed by atoms with van der Waals surface area (Å²) in [5.41, 5.74) is 23.9. The van der Waals surface area contributed by atoms with Crippen molar-refractivity contribution in [2.75, 3.05) is 4.90 Å². The third-order valence-corrected chi connectivity index (χ3v) is 16.2. The van der Waals surface area contributed by atoms with Gasteiger partial charge >= 0.3 is 0 Å². The molecular formula is C66H49NS. The Bertz CT molecular complexity index is 3740. The predicted octanol–water partition coefficient (Wildman–Crippen LogP) is 18.8. The van der Waals surface area contributed by atoms with Gasteiger partial charge in [-0.2, -0.15) is 0 Å². The zero-order valence-electron chi connectivity index (χ0n) is 38.7. The molecule has 0 N–H and O–H groups in total. The SMILES string of the molecule is CC1(C)c2cc(N(c3ccc(-c4ccc(-c5ccccc5)cc4)cc3)c3ccc(-c4ccc5c(c4)sc4ccccc45)cc3)ccc2-c2cc3c(cc21)-c1c(-c2ccccc2)cccc1C3(C)C. The summed E-state index contributed by atoms with van der Waals surface area (Å²) in [6.45, 7) is 9.64. The first-order chi connectivity index (χ1) is 33.2. The number of rotatable bonds is 7. The zero-order valence-corrected chi connectivity index (χ0v) is 39.5. The molecule has 0 saturated carbocycles. The molecule has 0 bridgehead atoms. The normalized spacial score (nSPS) is 13.8. The fourth-order valence-corrected chi connectivity index (χ4v) is 12.6. The van der Waals surface area contributed by atoms with Gasteiger partial charge in [-0.3, -0.25) is 0 Å². The fourth-order valence-electron chi connectivity index (χ4n) is 11.4. The molecule has 0 saturated heterocycles. The molecule has 0 spiro atoms. The first kappa shape index (κ1) is 40.5. The van der Waals surface area contributed by atoms with E-state index in [0.29, 0.717) is 0 Å². The van der Waals surface area contributed by atoms with E-state index in [2.05, 4.69) is 257 Å². The summed E-state index contributed by atoms with van der Waals surface area (Å²) in [5, 5.41) is 2.65. The standard InChI is InChI=1S/C66H49NS/c1-65(2)58-20-13-19-52(47-16-9-6-10-17-47)64(58)57-41-60-56(40-61(57)65)53-37-35-51(39-59(53)66(60,3)4)67(49-31-26-45(27-32-49)44-24-22-43(23-25-44)42-14-7-5-8-15-42)50-33-28-46(29-34-50)48-30-36-55-54-18-11-12-21-62(54)68-63(55)38-48/h5-41H,1-4H3. The third-order valence-electron chi connectivity index (χ3n) is 15.1. The van der Waals surface area contributed by atoms with E-state index in [1.54, 1.807) is 0 Å². The second-order valence-electron chi connectivity index (χ2n) is 19.7. The van der Waals surface area contributed by atoms with Gasteiger partial charge in [0.1, 0.15) is 0 Å². The molecule has 0 amide bonds. The average Bonchev–Trinajstić information content (AvgIpc) is 3.95. The molecule has 11 aromatic rings. The minimum absolute atomic E-state index is 0.125. The van der Waals surface area contributed by atoms with Crippen LogP contribution in [-0.4, -0.2) is 0 Å². The van der Waals surface area contributed by atoms with Crippen molar-refractivity contribution in [3.63, 3.8) is 0 Å². The van der Waals surface area contributed by atoms with Crippen LogP contribution < -0.4 is 4.90 Å². The molecule has 1 aromatic heterocycles. The van der Waals surface area contributed by atoms with Crippen molar-refractivity contribution in [3.8, 4) is 66.8 Å². The molecule has 2 aliphatic carbocycles. The van der Waals surface area contributed by atoms with Crippen LogP contribution in [0.15, 0.2) is 224 Å². The molecule has 0 atom stereocenters. The van der Waals surface area contributed by atoms with Crippen molar-refractivity contribution in [3.05, 3.63) is 247 Å². The highest BCUT2D eigenvalue weighted by molar-refractivity contribution is 7.25. The highest BCUT2D eigenvalue weighted by Crippen LogP contribution is 2.58. The van der Waals surface area contributed by atoms with Crippen molar-refractivity contribution in [2.24, 2.45) is 0 Å². The first-order valence-corrected chi connectivity index (χ1v) is 24.6. The summed E-state index contributed by atoms with van der Waals surface area (Å²) >= 11 is 1.87. The van der Waals surface area contributed by atoms with Gasteiger partial charge in [0.25, 0.3) is 0 Å². The second kappa shape index (κ2) is 15.4. The number of benzene rings is 10. The molecule has 68 heavy (non-hydrogen) atoms. The summed E-state index contributed by atoms with van der Waals surface area (Å²) in [4.78, 5) is 2.44. The smallest absolute Gasteiger partial charge is 0.0465 e. The summed E-state index contributed by atoms with van der Waals surface area (Å²) in [6.07, 6.45) is 0. The van der Waals surface area contributed by atoms with Gasteiger partial charge in [-0.15, -0.1) is 11.3 Å². The number of anilines is 3. The molecule has 0 fully saturated rings. The molecule has 0 aliphatic heterocycles. The minimum atomic E-state index is -0.221. The third kappa shape index (κ3) is 6.35. The molecule has 2 aliphatic rings. The van der Waals surface area contributed by atoms with Gasteiger partial charge in [0.15, 0.2) is 0 Å². The lowest BCUT2D eigenvalue weighted by Crippen LogP contribution is -2.17. The maximum absolute atomic E-state index is 2.54. The van der Waals surface area contributed by atoms with Crippen LogP contribution in [0.1, 0.15) is 49.9 Å². The lowest BCUT2D eigenvalue weighted by Gasteiger charge is -2.28. The largest absolute Gasteiger partial charge is 0.310 e. The Labute approximate surface area is 403 Å². The molecule has 1 heterocycles. The van der Waals surface area contributed by atoms with Crippen LogP contribution in [0.5, 0.6) is 0 Å². The number of hydrogen-bond acceptors (Lipinski definition) is 2. The number of thiophene rings is 1. The van der Waals surface area contributed by atoms with Gasteiger partial charge in [0, 0.05) is 48.1 Å². The Balaban J connectivity index is 0.899. The van der Waals surface area contributed by atoms with Crippen LogP contribution in [0.4, 0.5) is 17.1 Å². The quantitative estimate of drug-likeness (QED) is 0.154. The topological polar surface area (TPSA) is 3.24 Å². The van der Waals surface area contributed by atoms with Gasteiger partial charge in [-0.25, -0.2) is 0 Å². The zero-order chi connectivity index (χ0) is 45.7. The Kier molecular flexibility index (Phi) is 9.16. The monoisotopic (exact) mass is 887 g/mol. The van der Waals surface area contributed by atoms with E-state index in [4.69, 9.17) is 0 Å². The van der Waals surface area contributed by atoms with Gasteiger partial charge < -0.3 is 4.90 Å². The first-order valence-electron chi connectivity index (χ1n) is 23.8. The number of nitrogens with zero attached hydrogens (tertiary/aromatic N) is 1.